The van der Waals surface area contributed by atoms with Crippen LogP contribution >= 0.6 is 0 Å². The Hall–Kier alpha value is -3.75. The first-order chi connectivity index (χ1) is 16.0. The van der Waals surface area contributed by atoms with Crippen LogP contribution in [-0.2, 0) is 17.9 Å². The van der Waals surface area contributed by atoms with Gasteiger partial charge in [0.2, 0.25) is 11.7 Å². The van der Waals surface area contributed by atoms with E-state index >= 15 is 0 Å². The van der Waals surface area contributed by atoms with Crippen LogP contribution in [-0.4, -0.2) is 30.7 Å². The van der Waals surface area contributed by atoms with Gasteiger partial charge in [0.05, 0.1) is 17.4 Å². The molecular formula is C24H24FN5O3. The Morgan fingerprint density at radius 3 is 2.67 bits per heavy atom. The van der Waals surface area contributed by atoms with Gasteiger partial charge in [0.1, 0.15) is 5.82 Å². The van der Waals surface area contributed by atoms with Gasteiger partial charge in [-0.3, -0.25) is 14.2 Å². The monoisotopic (exact) mass is 449 g/mol. The molecule has 33 heavy (non-hydrogen) atoms. The van der Waals surface area contributed by atoms with Crippen LogP contribution in [0.25, 0.3) is 16.7 Å². The molecule has 8 nitrogen and oxygen atoms in total. The fourth-order valence-electron chi connectivity index (χ4n) is 4.56. The lowest BCUT2D eigenvalue weighted by atomic mass is 10.2. The smallest absolute Gasteiger partial charge is 0.352 e. The number of carbonyl (C=O) groups is 1. The highest BCUT2D eigenvalue weighted by atomic mass is 19.1. The van der Waals surface area contributed by atoms with E-state index in [9.17, 15) is 18.8 Å². The molecule has 0 bridgehead atoms. The molecule has 0 saturated heterocycles. The number of hydrogen-bond acceptors (Lipinski definition) is 4. The highest BCUT2D eigenvalue weighted by Crippen LogP contribution is 2.18. The molecule has 5 rings (SSSR count). The van der Waals surface area contributed by atoms with E-state index in [1.54, 1.807) is 36.4 Å². The largest absolute Gasteiger partial charge is 0.353 e. The van der Waals surface area contributed by atoms with Gasteiger partial charge in [-0.05, 0) is 42.7 Å². The van der Waals surface area contributed by atoms with Crippen molar-refractivity contribution in [2.75, 3.05) is 0 Å². The minimum atomic E-state index is -0.436. The van der Waals surface area contributed by atoms with E-state index in [-0.39, 0.29) is 42.8 Å². The topological polar surface area (TPSA) is 90.4 Å². The van der Waals surface area contributed by atoms with Crippen molar-refractivity contribution < 1.29 is 9.18 Å². The molecule has 0 unspecified atom stereocenters. The number of nitrogens with zero attached hydrogens (tertiary/aromatic N) is 4. The highest BCUT2D eigenvalue weighted by Gasteiger charge is 2.20. The molecule has 4 aromatic rings. The van der Waals surface area contributed by atoms with Crippen LogP contribution < -0.4 is 16.6 Å². The SMILES string of the molecule is O=C(CCn1c(=O)c2ccccc2n2c(=O)n(Cc3cccc(F)c3)nc12)NC1CCCC1. The standard InChI is InChI=1S/C24H24FN5O3/c25-17-7-5-6-16(14-17)15-29-24(33)30-20-11-4-3-10-19(20)22(32)28(23(30)27-29)13-12-21(31)26-18-8-1-2-9-18/h3-7,10-11,14,18H,1-2,8-9,12-13,15H2,(H,26,31). The van der Waals surface area contributed by atoms with Crippen molar-refractivity contribution in [1.29, 1.82) is 0 Å². The van der Waals surface area contributed by atoms with Crippen molar-refractivity contribution in [3.05, 3.63) is 80.7 Å². The van der Waals surface area contributed by atoms with E-state index < -0.39 is 11.5 Å². The third-order valence-corrected chi connectivity index (χ3v) is 6.19. The molecule has 1 fully saturated rings. The number of benzene rings is 2. The Morgan fingerprint density at radius 1 is 1.09 bits per heavy atom. The zero-order valence-electron chi connectivity index (χ0n) is 18.0. The fourth-order valence-corrected chi connectivity index (χ4v) is 4.56. The molecule has 9 heteroatoms. The molecule has 1 aliphatic carbocycles. The zero-order valence-corrected chi connectivity index (χ0v) is 18.0. The van der Waals surface area contributed by atoms with Gasteiger partial charge in [-0.1, -0.05) is 37.1 Å². The fraction of sp³-hybridized carbons (Fsp3) is 0.333. The van der Waals surface area contributed by atoms with E-state index in [2.05, 4.69) is 10.4 Å². The summed E-state index contributed by atoms with van der Waals surface area (Å²) in [4.78, 5) is 39.0. The summed E-state index contributed by atoms with van der Waals surface area (Å²) < 4.78 is 17.6. The molecule has 1 amide bonds. The number of hydrogen-bond donors (Lipinski definition) is 1. The second-order valence-corrected chi connectivity index (χ2v) is 8.48. The molecule has 0 atom stereocenters. The molecule has 1 aliphatic rings. The first kappa shape index (κ1) is 21.1. The Bertz CT molecular complexity index is 1460. The summed E-state index contributed by atoms with van der Waals surface area (Å²) in [5.74, 6) is -0.365. The Kier molecular flexibility index (Phi) is 5.53. The first-order valence-electron chi connectivity index (χ1n) is 11.2. The van der Waals surface area contributed by atoms with E-state index in [0.717, 1.165) is 25.7 Å². The Labute approximate surface area is 188 Å². The molecule has 1 saturated carbocycles. The van der Waals surface area contributed by atoms with Crippen LogP contribution in [0.2, 0.25) is 0 Å². The van der Waals surface area contributed by atoms with Gasteiger partial charge in [0.15, 0.2) is 0 Å². The van der Waals surface area contributed by atoms with Crippen molar-refractivity contribution >= 4 is 22.6 Å². The molecule has 0 radical (unpaired) electrons. The molecule has 1 N–H and O–H groups in total. The van der Waals surface area contributed by atoms with Gasteiger partial charge in [-0.15, -0.1) is 5.10 Å². The summed E-state index contributed by atoms with van der Waals surface area (Å²) in [6.45, 7) is 0.158. The van der Waals surface area contributed by atoms with Crippen molar-refractivity contribution in [3.8, 4) is 0 Å². The lowest BCUT2D eigenvalue weighted by molar-refractivity contribution is -0.121. The zero-order chi connectivity index (χ0) is 22.9. The highest BCUT2D eigenvalue weighted by molar-refractivity contribution is 5.80. The number of amides is 1. The molecular weight excluding hydrogens is 425 g/mol. The van der Waals surface area contributed by atoms with Gasteiger partial charge in [-0.25, -0.2) is 18.3 Å². The van der Waals surface area contributed by atoms with Crippen LogP contribution in [0, 0.1) is 5.82 Å². The predicted octanol–water partition coefficient (Wildman–Crippen LogP) is 2.45. The van der Waals surface area contributed by atoms with Gasteiger partial charge < -0.3 is 5.32 Å². The number of rotatable bonds is 6. The van der Waals surface area contributed by atoms with Crippen molar-refractivity contribution in [2.45, 2.75) is 51.2 Å². The Morgan fingerprint density at radius 2 is 1.88 bits per heavy atom. The maximum atomic E-state index is 13.6. The third-order valence-electron chi connectivity index (χ3n) is 6.19. The van der Waals surface area contributed by atoms with E-state index in [0.29, 0.717) is 16.5 Å². The van der Waals surface area contributed by atoms with Crippen LogP contribution in [0.1, 0.15) is 37.7 Å². The molecule has 170 valence electrons. The lowest BCUT2D eigenvalue weighted by Gasteiger charge is -2.13. The number of carbonyl (C=O) groups excluding carboxylic acids is 1. The number of aromatic nitrogens is 4. The van der Waals surface area contributed by atoms with E-state index in [4.69, 9.17) is 0 Å². The van der Waals surface area contributed by atoms with Crippen molar-refractivity contribution in [2.24, 2.45) is 0 Å². The average molecular weight is 449 g/mol. The first-order valence-corrected chi connectivity index (χ1v) is 11.2. The van der Waals surface area contributed by atoms with Crippen molar-refractivity contribution in [1.82, 2.24) is 24.1 Å². The number of fused-ring (bicyclic) bond motifs is 3. The van der Waals surface area contributed by atoms with E-state index in [1.807, 2.05) is 0 Å². The molecule has 2 aromatic carbocycles. The van der Waals surface area contributed by atoms with Gasteiger partial charge >= 0.3 is 5.69 Å². The molecule has 0 spiro atoms. The van der Waals surface area contributed by atoms with Crippen LogP contribution in [0.4, 0.5) is 4.39 Å². The summed E-state index contributed by atoms with van der Waals surface area (Å²) >= 11 is 0. The lowest BCUT2D eigenvalue weighted by Crippen LogP contribution is -2.34. The summed E-state index contributed by atoms with van der Waals surface area (Å²) in [7, 11) is 0. The number of nitrogens with one attached hydrogen (secondary N) is 1. The number of para-hydroxylation sites is 1. The maximum Gasteiger partial charge on any atom is 0.352 e. The predicted molar refractivity (Wildman–Crippen MR) is 122 cm³/mol. The van der Waals surface area contributed by atoms with Gasteiger partial charge in [0, 0.05) is 19.0 Å². The minimum absolute atomic E-state index is 0.0585. The quantitative estimate of drug-likeness (QED) is 0.490. The maximum absolute atomic E-state index is 13.6. The van der Waals surface area contributed by atoms with Crippen LogP contribution in [0.3, 0.4) is 0 Å². The summed E-state index contributed by atoms with van der Waals surface area (Å²) in [6.07, 6.45) is 4.29. The summed E-state index contributed by atoms with van der Waals surface area (Å²) in [6, 6.07) is 13.0. The second-order valence-electron chi connectivity index (χ2n) is 8.48. The normalized spacial score (nSPS) is 14.3. The number of halogens is 1. The van der Waals surface area contributed by atoms with Crippen molar-refractivity contribution in [3.63, 3.8) is 0 Å². The van der Waals surface area contributed by atoms with Gasteiger partial charge in [0.25, 0.3) is 5.56 Å². The third kappa shape index (κ3) is 4.06. The second kappa shape index (κ2) is 8.65. The number of aryl methyl sites for hydroxylation is 1. The molecule has 2 heterocycles. The summed E-state index contributed by atoms with van der Waals surface area (Å²) in [5.41, 5.74) is 0.276. The minimum Gasteiger partial charge on any atom is -0.353 e. The summed E-state index contributed by atoms with van der Waals surface area (Å²) in [5, 5.41) is 7.80. The Balaban J connectivity index is 1.55. The van der Waals surface area contributed by atoms with Crippen LogP contribution in [0.5, 0.6) is 0 Å². The average Bonchev–Trinajstić information content (AvgIpc) is 3.42. The molecule has 0 aliphatic heterocycles. The van der Waals surface area contributed by atoms with Gasteiger partial charge in [-0.2, -0.15) is 0 Å². The van der Waals surface area contributed by atoms with E-state index in [1.165, 1.54) is 25.8 Å². The molecule has 2 aromatic heterocycles. The van der Waals surface area contributed by atoms with Crippen LogP contribution in [0.15, 0.2) is 58.1 Å².